The first kappa shape index (κ1) is 16.2. The van der Waals surface area contributed by atoms with E-state index in [4.69, 9.17) is 0 Å². The van der Waals surface area contributed by atoms with Crippen LogP contribution < -0.4 is 0 Å². The average Bonchev–Trinajstić information content (AvgIpc) is 1.00. The van der Waals surface area contributed by atoms with E-state index in [9.17, 15) is 0 Å². The van der Waals surface area contributed by atoms with Gasteiger partial charge in [-0.05, 0) is 0 Å². The Balaban J connectivity index is -0.00000000500. The molecule has 0 unspecified atom stereocenters. The van der Waals surface area contributed by atoms with Crippen LogP contribution in [-0.2, 0) is 40.8 Å². The summed E-state index contributed by atoms with van der Waals surface area (Å²) < 4.78 is 0. The maximum atomic E-state index is 2.25. The van der Waals surface area contributed by atoms with Gasteiger partial charge in [0.1, 0.15) is 0 Å². The Morgan fingerprint density at radius 2 is 0.750 bits per heavy atom. The summed E-state index contributed by atoms with van der Waals surface area (Å²) in [5.41, 5.74) is 0. The second kappa shape index (κ2) is 18.3. The van der Waals surface area contributed by atoms with Crippen molar-refractivity contribution in [3.8, 4) is 0 Å². The fourth-order valence-corrected chi connectivity index (χ4v) is 0. The third-order valence-electron chi connectivity index (χ3n) is 0. The van der Waals surface area contributed by atoms with Gasteiger partial charge in [0.2, 0.25) is 0 Å². The van der Waals surface area contributed by atoms with Gasteiger partial charge in [0.25, 0.3) is 0 Å². The molecule has 0 aromatic rings. The van der Waals surface area contributed by atoms with Crippen LogP contribution in [0.4, 0.5) is 0 Å². The Morgan fingerprint density at radius 1 is 0.750 bits per heavy atom. The van der Waals surface area contributed by atoms with Gasteiger partial charge < -0.3 is 0 Å². The van der Waals surface area contributed by atoms with E-state index in [0.717, 1.165) is 0 Å². The summed E-state index contributed by atoms with van der Waals surface area (Å²) in [4.78, 5) is 0. The Kier molecular flexibility index (Phi) is 74.0. The topological polar surface area (TPSA) is 0 Å². The van der Waals surface area contributed by atoms with Crippen LogP contribution in [0, 0.1) is 0 Å². The molecule has 4 heteroatoms. The fourth-order valence-electron chi connectivity index (χ4n) is 0. The van der Waals surface area contributed by atoms with Crippen molar-refractivity contribution in [1.82, 2.24) is 0 Å². The molecule has 0 fully saturated rings. The Bertz CT molecular complexity index is 4.00. The molecule has 0 amide bonds. The van der Waals surface area contributed by atoms with Gasteiger partial charge in [0.15, 0.2) is 0 Å². The maximum absolute atomic E-state index is 2.25. The molecule has 34 valence electrons. The summed E-state index contributed by atoms with van der Waals surface area (Å²) in [6, 6.07) is 0. The summed E-state index contributed by atoms with van der Waals surface area (Å²) in [6.45, 7) is 0. The number of hydrogen-bond acceptors (Lipinski definition) is 0. The van der Waals surface area contributed by atoms with Crippen LogP contribution in [0.25, 0.3) is 0 Å². The third-order valence-corrected chi connectivity index (χ3v) is 0. The molecule has 0 aliphatic rings. The molecule has 0 radical (unpaired) electrons. The van der Waals surface area contributed by atoms with E-state index in [-0.39, 0.29) is 40.8 Å². The first-order chi connectivity index (χ1) is 1.00. The summed E-state index contributed by atoms with van der Waals surface area (Å²) in [6.07, 6.45) is 0. The zero-order valence-corrected chi connectivity index (χ0v) is 8.39. The fraction of sp³-hybridized carbons (Fsp3) is 0. The van der Waals surface area contributed by atoms with Crippen LogP contribution in [0.15, 0.2) is 0 Å². The molecule has 0 N–H and O–H groups in total. The minimum absolute atomic E-state index is 0. The van der Waals surface area contributed by atoms with Gasteiger partial charge in [-0.25, -0.2) is 0 Å². The summed E-state index contributed by atoms with van der Waals surface area (Å²) in [5, 5.41) is 0. The zero-order valence-electron chi connectivity index (χ0n) is 1.53. The number of hydrogen-bond donors (Lipinski definition) is 0. The van der Waals surface area contributed by atoms with Gasteiger partial charge in [0.05, 0.1) is 0 Å². The van der Waals surface area contributed by atoms with Crippen molar-refractivity contribution in [1.29, 1.82) is 0 Å². The van der Waals surface area contributed by atoms with Crippen molar-refractivity contribution in [2.24, 2.45) is 0 Å². The molecule has 0 rings (SSSR count). The average molecular weight is 373 g/mol. The van der Waals surface area contributed by atoms with Gasteiger partial charge in [-0.2, -0.15) is 0 Å². The quantitative estimate of drug-likeness (QED) is 0.464. The second-order valence-electron chi connectivity index (χ2n) is 0. The van der Waals surface area contributed by atoms with E-state index in [1.165, 1.54) is 0 Å². The van der Waals surface area contributed by atoms with Crippen LogP contribution >= 0.6 is 0 Å². The van der Waals surface area contributed by atoms with E-state index in [1.54, 1.807) is 0 Å². The molecule has 0 saturated heterocycles. The van der Waals surface area contributed by atoms with Crippen molar-refractivity contribution >= 4 is 28.4 Å². The number of rotatable bonds is 0. The van der Waals surface area contributed by atoms with Crippen molar-refractivity contribution < 1.29 is 40.8 Å². The first-order valence-electron chi connectivity index (χ1n) is 0.200. The van der Waals surface area contributed by atoms with Gasteiger partial charge in [0, 0.05) is 40.8 Å². The molecule has 0 heterocycles. The monoisotopic (exact) mass is 374 g/mol. The van der Waals surface area contributed by atoms with Crippen LogP contribution in [0.3, 0.4) is 0 Å². The Labute approximate surface area is 68.4 Å². The van der Waals surface area contributed by atoms with Crippen molar-refractivity contribution in [2.45, 2.75) is 0 Å². The van der Waals surface area contributed by atoms with Crippen molar-refractivity contribution in [3.05, 3.63) is 0 Å². The SMILES string of the molecule is [Pd].[Pd].[SeH][SeH]. The molecule has 4 heavy (non-hydrogen) atoms. The predicted molar refractivity (Wildman–Crippen MR) is 14.3 cm³/mol. The summed E-state index contributed by atoms with van der Waals surface area (Å²) in [5.74, 6) is 0. The van der Waals surface area contributed by atoms with E-state index < -0.39 is 0 Å². The molecule has 0 saturated carbocycles. The second-order valence-corrected chi connectivity index (χ2v) is 0. The summed E-state index contributed by atoms with van der Waals surface area (Å²) in [7, 11) is 0. The van der Waals surface area contributed by atoms with E-state index in [1.807, 2.05) is 0 Å². The van der Waals surface area contributed by atoms with Crippen LogP contribution in [0.5, 0.6) is 0 Å². The molecule has 0 aliphatic heterocycles. The molecule has 0 atom stereocenters. The molecule has 0 aliphatic carbocycles. The molecule has 0 aromatic carbocycles. The van der Waals surface area contributed by atoms with Gasteiger partial charge in [-0.1, -0.05) is 0 Å². The van der Waals surface area contributed by atoms with Gasteiger partial charge in [-0.15, -0.1) is 0 Å². The molecule has 0 spiro atoms. The van der Waals surface area contributed by atoms with Crippen molar-refractivity contribution in [2.75, 3.05) is 0 Å². The Morgan fingerprint density at radius 3 is 0.750 bits per heavy atom. The molecular weight excluding hydrogens is 371 g/mol. The van der Waals surface area contributed by atoms with E-state index >= 15 is 0 Å². The third kappa shape index (κ3) is 8.84. The van der Waals surface area contributed by atoms with Gasteiger partial charge in [-0.3, -0.25) is 0 Å². The van der Waals surface area contributed by atoms with Gasteiger partial charge >= 0.3 is 28.4 Å². The standard InChI is InChI=1S/2Pd.H2Se2/c;;1-2/h;;1-2H. The van der Waals surface area contributed by atoms with Crippen LogP contribution in [-0.4, -0.2) is 28.4 Å². The minimum atomic E-state index is 0. The predicted octanol–water partition coefficient (Wildman–Crippen LogP) is -1.30. The van der Waals surface area contributed by atoms with Crippen LogP contribution in [0.1, 0.15) is 0 Å². The molecule has 0 nitrogen and oxygen atoms in total. The van der Waals surface area contributed by atoms with E-state index in [2.05, 4.69) is 28.4 Å². The Hall–Kier alpha value is 2.36. The molecular formula is H2Pd2Se2. The van der Waals surface area contributed by atoms with Crippen LogP contribution in [0.2, 0.25) is 0 Å². The molecule has 0 bridgehead atoms. The first-order valence-corrected chi connectivity index (χ1v) is 5.40. The zero-order chi connectivity index (χ0) is 2.00. The van der Waals surface area contributed by atoms with E-state index in [0.29, 0.717) is 0 Å². The van der Waals surface area contributed by atoms with Crippen molar-refractivity contribution in [3.63, 3.8) is 0 Å². The summed E-state index contributed by atoms with van der Waals surface area (Å²) >= 11 is 4.50. The normalized spacial score (nSPS) is 1.50. The molecule has 0 aromatic heterocycles.